The molecule has 37 heavy (non-hydrogen) atoms. The maximum atomic E-state index is 14.0. The Morgan fingerprint density at radius 1 is 1.11 bits per heavy atom. The fraction of sp³-hybridized carbons (Fsp3) is 0.679. The summed E-state index contributed by atoms with van der Waals surface area (Å²) >= 11 is 0. The molecule has 0 spiro atoms. The smallest absolute Gasteiger partial charge is 0.246 e. The van der Waals surface area contributed by atoms with E-state index in [1.54, 1.807) is 12.0 Å². The lowest BCUT2D eigenvalue weighted by atomic mass is 9.92. The van der Waals surface area contributed by atoms with Gasteiger partial charge in [0.1, 0.15) is 17.8 Å². The second-order valence-electron chi connectivity index (χ2n) is 10.2. The van der Waals surface area contributed by atoms with Crippen molar-refractivity contribution < 1.29 is 19.1 Å². The van der Waals surface area contributed by atoms with Crippen LogP contribution in [0, 0.1) is 5.92 Å². The molecular weight excluding hydrogens is 470 g/mol. The number of nitrogens with zero attached hydrogens (tertiary/aromatic N) is 2. The van der Waals surface area contributed by atoms with E-state index in [2.05, 4.69) is 29.4 Å². The molecule has 3 rings (SSSR count). The average Bonchev–Trinajstić information content (AvgIpc) is 3.30. The van der Waals surface area contributed by atoms with Crippen LogP contribution in [-0.2, 0) is 20.8 Å². The van der Waals surface area contributed by atoms with Gasteiger partial charge in [-0.1, -0.05) is 32.9 Å². The van der Waals surface area contributed by atoms with E-state index >= 15 is 0 Å². The summed E-state index contributed by atoms with van der Waals surface area (Å²) < 4.78 is 5.20. The van der Waals surface area contributed by atoms with Gasteiger partial charge in [-0.25, -0.2) is 0 Å². The van der Waals surface area contributed by atoms with Crippen molar-refractivity contribution in [1.82, 2.24) is 20.4 Å². The van der Waals surface area contributed by atoms with Crippen LogP contribution in [0.25, 0.3) is 0 Å². The Balaban J connectivity index is 1.71. The van der Waals surface area contributed by atoms with Crippen molar-refractivity contribution in [2.45, 2.75) is 83.5 Å². The lowest BCUT2D eigenvalue weighted by Gasteiger charge is -2.34. The van der Waals surface area contributed by atoms with E-state index in [0.29, 0.717) is 25.8 Å². The van der Waals surface area contributed by atoms with Crippen LogP contribution in [0.1, 0.15) is 58.4 Å². The molecule has 2 aliphatic heterocycles. The van der Waals surface area contributed by atoms with Crippen molar-refractivity contribution in [3.8, 4) is 5.75 Å². The molecule has 9 heteroatoms. The third kappa shape index (κ3) is 7.23. The molecule has 1 aromatic carbocycles. The number of hydrogen-bond acceptors (Lipinski definition) is 6. The van der Waals surface area contributed by atoms with E-state index in [4.69, 9.17) is 10.5 Å². The molecular formula is C28H45N5O4. The minimum atomic E-state index is -0.677. The Labute approximate surface area is 221 Å². The van der Waals surface area contributed by atoms with Crippen molar-refractivity contribution in [3.63, 3.8) is 0 Å². The van der Waals surface area contributed by atoms with E-state index in [1.807, 2.05) is 31.2 Å². The Kier molecular flexibility index (Phi) is 10.8. The first kappa shape index (κ1) is 28.9. The molecule has 3 amide bonds. The standard InChI is InChI=1S/C28H45N5O4/c1-5-23(29)26(34)31-25-20(18-32(6-2)7-3)10-11-21-12-15-24(33(21)28(25)36)27(35)30-17-16-19-8-13-22(37-4)14-9-19/h8-9,13-14,20-21,23-25H,5-7,10-12,15-18,29H2,1-4H3,(H,30,35)(H,31,34)/t20?,21-,23-,24-,25-/m0/s1. The number of amides is 3. The number of ether oxygens (including phenoxy) is 1. The highest BCUT2D eigenvalue weighted by Gasteiger charge is 2.47. The second kappa shape index (κ2) is 13.8. The Hall–Kier alpha value is -2.65. The van der Waals surface area contributed by atoms with Crippen LogP contribution < -0.4 is 21.1 Å². The summed E-state index contributed by atoms with van der Waals surface area (Å²) in [5, 5.41) is 6.03. The van der Waals surface area contributed by atoms with Gasteiger partial charge < -0.3 is 30.9 Å². The number of carbonyl (C=O) groups excluding carboxylic acids is 3. The van der Waals surface area contributed by atoms with Gasteiger partial charge in [0.2, 0.25) is 17.7 Å². The molecule has 1 unspecified atom stereocenters. The molecule has 0 aliphatic carbocycles. The molecule has 0 radical (unpaired) electrons. The lowest BCUT2D eigenvalue weighted by Crippen LogP contribution is -2.59. The Bertz CT molecular complexity index is 904. The summed E-state index contributed by atoms with van der Waals surface area (Å²) in [5.74, 6) is 0.199. The molecule has 1 aromatic rings. The molecule has 2 fully saturated rings. The van der Waals surface area contributed by atoms with Crippen molar-refractivity contribution in [2.75, 3.05) is 33.3 Å². The summed E-state index contributed by atoms with van der Waals surface area (Å²) in [6.45, 7) is 9.04. The van der Waals surface area contributed by atoms with Crippen LogP contribution in [-0.4, -0.2) is 85.0 Å². The van der Waals surface area contributed by atoms with E-state index in [9.17, 15) is 14.4 Å². The fourth-order valence-electron chi connectivity index (χ4n) is 5.57. The van der Waals surface area contributed by atoms with Gasteiger partial charge in [0.05, 0.1) is 13.2 Å². The topological polar surface area (TPSA) is 117 Å². The van der Waals surface area contributed by atoms with Crippen molar-refractivity contribution in [1.29, 1.82) is 0 Å². The van der Waals surface area contributed by atoms with E-state index < -0.39 is 18.1 Å². The van der Waals surface area contributed by atoms with Gasteiger partial charge in [-0.2, -0.15) is 0 Å². The summed E-state index contributed by atoms with van der Waals surface area (Å²) in [6.07, 6.45) is 4.29. The molecule has 0 saturated carbocycles. The zero-order valence-corrected chi connectivity index (χ0v) is 22.9. The molecule has 5 atom stereocenters. The van der Waals surface area contributed by atoms with Gasteiger partial charge in [-0.05, 0) is 69.3 Å². The monoisotopic (exact) mass is 515 g/mol. The molecule has 206 valence electrons. The predicted octanol–water partition coefficient (Wildman–Crippen LogP) is 1.69. The Morgan fingerprint density at radius 2 is 1.78 bits per heavy atom. The highest BCUT2D eigenvalue weighted by molar-refractivity contribution is 5.94. The van der Waals surface area contributed by atoms with E-state index in [0.717, 1.165) is 50.2 Å². The number of benzene rings is 1. The third-order valence-electron chi connectivity index (χ3n) is 8.00. The second-order valence-corrected chi connectivity index (χ2v) is 10.2. The summed E-state index contributed by atoms with van der Waals surface area (Å²) in [7, 11) is 1.63. The maximum Gasteiger partial charge on any atom is 0.246 e. The number of hydrogen-bond donors (Lipinski definition) is 3. The average molecular weight is 516 g/mol. The highest BCUT2D eigenvalue weighted by Crippen LogP contribution is 2.34. The number of rotatable bonds is 12. The van der Waals surface area contributed by atoms with Crippen LogP contribution in [0.4, 0.5) is 0 Å². The van der Waals surface area contributed by atoms with Crippen LogP contribution in [0.2, 0.25) is 0 Å². The minimum absolute atomic E-state index is 0.0193. The largest absolute Gasteiger partial charge is 0.497 e. The molecule has 9 nitrogen and oxygen atoms in total. The first-order valence-electron chi connectivity index (χ1n) is 13.8. The third-order valence-corrected chi connectivity index (χ3v) is 8.00. The molecule has 0 aromatic heterocycles. The van der Waals surface area contributed by atoms with Crippen LogP contribution in [0.15, 0.2) is 24.3 Å². The zero-order chi connectivity index (χ0) is 26.9. The molecule has 2 heterocycles. The van der Waals surface area contributed by atoms with Gasteiger partial charge >= 0.3 is 0 Å². The number of methoxy groups -OCH3 is 1. The van der Waals surface area contributed by atoms with Crippen LogP contribution in [0.3, 0.4) is 0 Å². The number of carbonyl (C=O) groups is 3. The van der Waals surface area contributed by atoms with Crippen molar-refractivity contribution in [2.24, 2.45) is 11.7 Å². The van der Waals surface area contributed by atoms with Gasteiger partial charge in [-0.15, -0.1) is 0 Å². The fourth-order valence-corrected chi connectivity index (χ4v) is 5.57. The highest BCUT2D eigenvalue weighted by atomic mass is 16.5. The SMILES string of the molecule is CC[C@H](N)C(=O)N[C@@H]1C(=O)N2[C@@H](CCC1CN(CC)CC)CC[C@H]2C(=O)NCCc1ccc(OC)cc1. The first-order valence-corrected chi connectivity index (χ1v) is 13.8. The Morgan fingerprint density at radius 3 is 2.41 bits per heavy atom. The first-order chi connectivity index (χ1) is 17.8. The summed E-state index contributed by atoms with van der Waals surface area (Å²) in [4.78, 5) is 44.1. The van der Waals surface area contributed by atoms with Gasteiger partial charge in [0, 0.05) is 25.0 Å². The van der Waals surface area contributed by atoms with Crippen LogP contribution in [0.5, 0.6) is 5.75 Å². The number of nitrogens with one attached hydrogen (secondary N) is 2. The number of fused-ring (bicyclic) bond motifs is 1. The zero-order valence-electron chi connectivity index (χ0n) is 22.9. The molecule has 0 bridgehead atoms. The number of nitrogens with two attached hydrogens (primary N) is 1. The normalized spacial score (nSPS) is 24.4. The minimum Gasteiger partial charge on any atom is -0.497 e. The van der Waals surface area contributed by atoms with Crippen LogP contribution >= 0.6 is 0 Å². The van der Waals surface area contributed by atoms with E-state index in [1.165, 1.54) is 0 Å². The summed E-state index contributed by atoms with van der Waals surface area (Å²) in [5.41, 5.74) is 7.10. The summed E-state index contributed by atoms with van der Waals surface area (Å²) in [6, 6.07) is 5.95. The predicted molar refractivity (Wildman–Crippen MR) is 144 cm³/mol. The molecule has 2 saturated heterocycles. The molecule has 2 aliphatic rings. The van der Waals surface area contributed by atoms with E-state index in [-0.39, 0.29) is 29.7 Å². The quantitative estimate of drug-likeness (QED) is 0.390. The van der Waals surface area contributed by atoms with Gasteiger partial charge in [-0.3, -0.25) is 14.4 Å². The lowest BCUT2D eigenvalue weighted by molar-refractivity contribution is -0.143. The molecule has 4 N–H and O–H groups in total. The maximum absolute atomic E-state index is 14.0. The van der Waals surface area contributed by atoms with Crippen molar-refractivity contribution in [3.05, 3.63) is 29.8 Å². The van der Waals surface area contributed by atoms with Crippen molar-refractivity contribution >= 4 is 17.7 Å². The van der Waals surface area contributed by atoms with Gasteiger partial charge in [0.25, 0.3) is 0 Å². The van der Waals surface area contributed by atoms with Gasteiger partial charge in [0.15, 0.2) is 0 Å².